The van der Waals surface area contributed by atoms with Crippen molar-refractivity contribution in [1.82, 2.24) is 24.8 Å². The zero-order valence-electron chi connectivity index (χ0n) is 11.1. The first-order chi connectivity index (χ1) is 9.74. The van der Waals surface area contributed by atoms with Crippen molar-refractivity contribution in [1.29, 1.82) is 0 Å². The van der Waals surface area contributed by atoms with E-state index in [1.165, 1.54) is 5.56 Å². The summed E-state index contributed by atoms with van der Waals surface area (Å²) in [5.74, 6) is 0.654. The van der Waals surface area contributed by atoms with E-state index in [1.807, 2.05) is 31.5 Å². The van der Waals surface area contributed by atoms with Gasteiger partial charge in [-0.15, -0.1) is 5.10 Å². The van der Waals surface area contributed by atoms with Gasteiger partial charge in [0.05, 0.1) is 10.7 Å². The van der Waals surface area contributed by atoms with Gasteiger partial charge >= 0.3 is 0 Å². The fraction of sp³-hybridized carbons (Fsp3) is 0.308. The molecule has 0 aromatic carbocycles. The van der Waals surface area contributed by atoms with Crippen molar-refractivity contribution in [2.45, 2.75) is 19.8 Å². The van der Waals surface area contributed by atoms with Crippen LogP contribution in [0.4, 0.5) is 5.95 Å². The summed E-state index contributed by atoms with van der Waals surface area (Å²) in [6.45, 7) is 2.87. The van der Waals surface area contributed by atoms with Crippen molar-refractivity contribution < 1.29 is 0 Å². The number of nitrogens with zero attached hydrogens (tertiary/aromatic N) is 4. The Morgan fingerprint density at radius 3 is 3.10 bits per heavy atom. The van der Waals surface area contributed by atoms with Crippen molar-refractivity contribution in [2.75, 3.05) is 11.9 Å². The van der Waals surface area contributed by atoms with Crippen LogP contribution in [0.15, 0.2) is 29.0 Å². The fourth-order valence-electron chi connectivity index (χ4n) is 2.06. The Hall–Kier alpha value is -1.89. The van der Waals surface area contributed by atoms with Crippen molar-refractivity contribution in [3.05, 3.63) is 40.3 Å². The van der Waals surface area contributed by atoms with E-state index < -0.39 is 0 Å². The molecule has 3 heterocycles. The van der Waals surface area contributed by atoms with E-state index >= 15 is 0 Å². The zero-order valence-corrected chi connectivity index (χ0v) is 12.7. The van der Waals surface area contributed by atoms with Crippen LogP contribution in [0.5, 0.6) is 0 Å². The van der Waals surface area contributed by atoms with Crippen LogP contribution in [0.3, 0.4) is 0 Å². The first kappa shape index (κ1) is 13.1. The monoisotopic (exact) mass is 334 g/mol. The van der Waals surface area contributed by atoms with Gasteiger partial charge in [-0.3, -0.25) is 5.10 Å². The molecule has 2 N–H and O–H groups in total. The van der Waals surface area contributed by atoms with E-state index in [2.05, 4.69) is 41.5 Å². The third-order valence-corrected chi connectivity index (χ3v) is 3.77. The lowest BCUT2D eigenvalue weighted by Gasteiger charge is -2.01. The van der Waals surface area contributed by atoms with Crippen LogP contribution in [0.1, 0.15) is 17.7 Å². The quantitative estimate of drug-likeness (QED) is 0.703. The summed E-state index contributed by atoms with van der Waals surface area (Å²) >= 11 is 3.46. The van der Waals surface area contributed by atoms with E-state index in [0.717, 1.165) is 35.2 Å². The molecule has 0 saturated carbocycles. The van der Waals surface area contributed by atoms with Gasteiger partial charge in [-0.1, -0.05) is 0 Å². The van der Waals surface area contributed by atoms with Gasteiger partial charge < -0.3 is 5.32 Å². The molecule has 0 unspecified atom stereocenters. The van der Waals surface area contributed by atoms with Crippen molar-refractivity contribution >= 4 is 27.5 Å². The Bertz CT molecular complexity index is 717. The SMILES string of the molecule is Cc1[nH]ncc1CCCNc1nc2c(Br)cccn2n1. The lowest BCUT2D eigenvalue weighted by atomic mass is 10.1. The van der Waals surface area contributed by atoms with E-state index in [9.17, 15) is 0 Å². The number of hydrogen-bond donors (Lipinski definition) is 2. The van der Waals surface area contributed by atoms with Crippen molar-refractivity contribution in [3.8, 4) is 0 Å². The van der Waals surface area contributed by atoms with Gasteiger partial charge in [0.15, 0.2) is 5.65 Å². The predicted octanol–water partition coefficient (Wildman–Crippen LogP) is 2.57. The third kappa shape index (κ3) is 2.67. The molecule has 0 amide bonds. The number of fused-ring (bicyclic) bond motifs is 1. The minimum atomic E-state index is 0.654. The minimum Gasteiger partial charge on any atom is -0.353 e. The summed E-state index contributed by atoms with van der Waals surface area (Å²) in [5.41, 5.74) is 3.22. The highest BCUT2D eigenvalue weighted by Crippen LogP contribution is 2.16. The van der Waals surface area contributed by atoms with E-state index in [-0.39, 0.29) is 0 Å². The lowest BCUT2D eigenvalue weighted by molar-refractivity contribution is 0.845. The molecule has 0 radical (unpaired) electrons. The first-order valence-electron chi connectivity index (χ1n) is 6.47. The topological polar surface area (TPSA) is 70.9 Å². The van der Waals surface area contributed by atoms with E-state index in [1.54, 1.807) is 4.52 Å². The Morgan fingerprint density at radius 2 is 2.35 bits per heavy atom. The summed E-state index contributed by atoms with van der Waals surface area (Å²) in [6.07, 6.45) is 5.77. The largest absolute Gasteiger partial charge is 0.353 e. The maximum absolute atomic E-state index is 4.44. The first-order valence-corrected chi connectivity index (χ1v) is 7.27. The highest BCUT2D eigenvalue weighted by Gasteiger charge is 2.05. The number of rotatable bonds is 5. The molecule has 0 bridgehead atoms. The van der Waals surface area contributed by atoms with Gasteiger partial charge in [0.2, 0.25) is 5.95 Å². The zero-order chi connectivity index (χ0) is 13.9. The second-order valence-electron chi connectivity index (χ2n) is 4.61. The highest BCUT2D eigenvalue weighted by molar-refractivity contribution is 9.10. The number of aromatic nitrogens is 5. The molecule has 0 aliphatic heterocycles. The molecule has 0 atom stereocenters. The molecule has 104 valence electrons. The molecule has 7 heteroatoms. The fourth-order valence-corrected chi connectivity index (χ4v) is 2.48. The molecular weight excluding hydrogens is 320 g/mol. The van der Waals surface area contributed by atoms with Crippen molar-refractivity contribution in [2.24, 2.45) is 0 Å². The van der Waals surface area contributed by atoms with Crippen LogP contribution in [0, 0.1) is 6.92 Å². The summed E-state index contributed by atoms with van der Waals surface area (Å²) in [4.78, 5) is 4.44. The standard InChI is InChI=1S/C13H15BrN6/c1-9-10(8-16-18-9)4-2-6-15-13-17-12-11(14)5-3-7-20(12)19-13/h3,5,7-8H,2,4,6H2,1H3,(H,15,19)(H,16,18). The van der Waals surface area contributed by atoms with Gasteiger partial charge in [-0.2, -0.15) is 10.1 Å². The maximum atomic E-state index is 4.44. The van der Waals surface area contributed by atoms with Crippen LogP contribution in [-0.2, 0) is 6.42 Å². The number of aromatic amines is 1. The van der Waals surface area contributed by atoms with Gasteiger partial charge in [-0.05, 0) is 53.4 Å². The van der Waals surface area contributed by atoms with Crippen LogP contribution >= 0.6 is 15.9 Å². The van der Waals surface area contributed by atoms with Crippen LogP contribution < -0.4 is 5.32 Å². The average Bonchev–Trinajstić information content (AvgIpc) is 3.02. The number of hydrogen-bond acceptors (Lipinski definition) is 4. The normalized spacial score (nSPS) is 11.1. The molecule has 0 spiro atoms. The van der Waals surface area contributed by atoms with Crippen molar-refractivity contribution in [3.63, 3.8) is 0 Å². The third-order valence-electron chi connectivity index (χ3n) is 3.16. The summed E-state index contributed by atoms with van der Waals surface area (Å²) < 4.78 is 2.70. The van der Waals surface area contributed by atoms with E-state index in [4.69, 9.17) is 0 Å². The lowest BCUT2D eigenvalue weighted by Crippen LogP contribution is -2.04. The number of anilines is 1. The van der Waals surface area contributed by atoms with E-state index in [0.29, 0.717) is 5.95 Å². The predicted molar refractivity (Wildman–Crippen MR) is 80.8 cm³/mol. The minimum absolute atomic E-state index is 0.654. The van der Waals surface area contributed by atoms with Crippen LogP contribution in [0.2, 0.25) is 0 Å². The Kier molecular flexibility index (Phi) is 3.68. The molecule has 0 fully saturated rings. The molecular formula is C13H15BrN6. The molecule has 3 aromatic heterocycles. The maximum Gasteiger partial charge on any atom is 0.243 e. The Labute approximate surface area is 124 Å². The van der Waals surface area contributed by atoms with Crippen LogP contribution in [-0.4, -0.2) is 31.3 Å². The molecule has 3 rings (SSSR count). The van der Waals surface area contributed by atoms with Gasteiger partial charge in [0.1, 0.15) is 0 Å². The molecule has 6 nitrogen and oxygen atoms in total. The number of halogens is 1. The Balaban J connectivity index is 1.57. The second-order valence-corrected chi connectivity index (χ2v) is 5.46. The van der Waals surface area contributed by atoms with Gasteiger partial charge in [0.25, 0.3) is 0 Å². The van der Waals surface area contributed by atoms with Gasteiger partial charge in [-0.25, -0.2) is 4.52 Å². The second kappa shape index (κ2) is 5.62. The number of pyridine rings is 1. The highest BCUT2D eigenvalue weighted by atomic mass is 79.9. The summed E-state index contributed by atoms with van der Waals surface area (Å²) in [5, 5.41) is 14.6. The Morgan fingerprint density at radius 1 is 1.45 bits per heavy atom. The molecule has 3 aromatic rings. The smallest absolute Gasteiger partial charge is 0.243 e. The number of H-pyrrole nitrogens is 1. The molecule has 20 heavy (non-hydrogen) atoms. The summed E-state index contributed by atoms with van der Waals surface area (Å²) in [6, 6.07) is 3.88. The average molecular weight is 335 g/mol. The number of aryl methyl sites for hydroxylation is 2. The van der Waals surface area contributed by atoms with Gasteiger partial charge in [0, 0.05) is 18.4 Å². The molecule has 0 saturated heterocycles. The molecule has 0 aliphatic rings. The summed E-state index contributed by atoms with van der Waals surface area (Å²) in [7, 11) is 0. The van der Waals surface area contributed by atoms with Crippen LogP contribution in [0.25, 0.3) is 5.65 Å². The molecule has 0 aliphatic carbocycles. The number of nitrogens with one attached hydrogen (secondary N) is 2.